The van der Waals surface area contributed by atoms with Crippen molar-refractivity contribution in [3.63, 3.8) is 0 Å². The number of hydrogen-bond donors (Lipinski definition) is 0. The first kappa shape index (κ1) is 12.6. The molecule has 4 heteroatoms. The fourth-order valence-corrected chi connectivity index (χ4v) is 2.00. The number of benzene rings is 1. The molecule has 1 aliphatic rings. The van der Waals surface area contributed by atoms with Crippen LogP contribution in [0.5, 0.6) is 5.75 Å². The molecular formula is C14H17NO3. The summed E-state index contributed by atoms with van der Waals surface area (Å²) in [6.45, 7) is 3.60. The van der Waals surface area contributed by atoms with Gasteiger partial charge in [0.2, 0.25) is 0 Å². The molecule has 1 amide bonds. The first-order valence-electron chi connectivity index (χ1n) is 6.24. The zero-order valence-corrected chi connectivity index (χ0v) is 10.5. The van der Waals surface area contributed by atoms with Gasteiger partial charge < -0.3 is 9.64 Å². The standard InChI is InChI=1S/C14H17NO3/c1-2-18-13-5-3-11(4-6-13)14(17)15-9-7-12(16)8-10-15/h3-6H,2,7-10H2,1H3. The lowest BCUT2D eigenvalue weighted by atomic mass is 10.1. The van der Waals surface area contributed by atoms with Gasteiger partial charge in [-0.15, -0.1) is 0 Å². The number of ether oxygens (including phenoxy) is 1. The zero-order valence-electron chi connectivity index (χ0n) is 10.5. The Morgan fingerprint density at radius 1 is 1.22 bits per heavy atom. The van der Waals surface area contributed by atoms with Crippen LogP contribution in [0, 0.1) is 0 Å². The van der Waals surface area contributed by atoms with Crippen molar-refractivity contribution in [2.24, 2.45) is 0 Å². The van der Waals surface area contributed by atoms with Crippen molar-refractivity contribution in [1.29, 1.82) is 0 Å². The summed E-state index contributed by atoms with van der Waals surface area (Å²) in [5.74, 6) is 0.999. The van der Waals surface area contributed by atoms with Gasteiger partial charge in [-0.1, -0.05) is 0 Å². The molecule has 2 rings (SSSR count). The molecule has 0 spiro atoms. The summed E-state index contributed by atoms with van der Waals surface area (Å²) in [6.07, 6.45) is 0.950. The Morgan fingerprint density at radius 3 is 2.39 bits per heavy atom. The van der Waals surface area contributed by atoms with E-state index in [-0.39, 0.29) is 11.7 Å². The monoisotopic (exact) mass is 247 g/mol. The predicted molar refractivity (Wildman–Crippen MR) is 67.8 cm³/mol. The van der Waals surface area contributed by atoms with E-state index in [1.165, 1.54) is 0 Å². The van der Waals surface area contributed by atoms with E-state index in [4.69, 9.17) is 4.74 Å². The van der Waals surface area contributed by atoms with Crippen molar-refractivity contribution in [2.45, 2.75) is 19.8 Å². The van der Waals surface area contributed by atoms with E-state index in [1.807, 2.05) is 6.92 Å². The minimum Gasteiger partial charge on any atom is -0.494 e. The van der Waals surface area contributed by atoms with Crippen LogP contribution in [0.25, 0.3) is 0 Å². The Kier molecular flexibility index (Phi) is 3.97. The van der Waals surface area contributed by atoms with E-state index >= 15 is 0 Å². The summed E-state index contributed by atoms with van der Waals surface area (Å²) in [6, 6.07) is 7.13. The van der Waals surface area contributed by atoms with E-state index in [2.05, 4.69) is 0 Å². The summed E-state index contributed by atoms with van der Waals surface area (Å²) in [7, 11) is 0. The van der Waals surface area contributed by atoms with Gasteiger partial charge in [0.05, 0.1) is 6.61 Å². The fourth-order valence-electron chi connectivity index (χ4n) is 2.00. The molecule has 0 aromatic heterocycles. The van der Waals surface area contributed by atoms with Crippen LogP contribution in [0.4, 0.5) is 0 Å². The van der Waals surface area contributed by atoms with E-state index in [9.17, 15) is 9.59 Å². The molecule has 1 aliphatic heterocycles. The van der Waals surface area contributed by atoms with Gasteiger partial charge in [0, 0.05) is 31.5 Å². The van der Waals surface area contributed by atoms with Crippen molar-refractivity contribution in [1.82, 2.24) is 4.90 Å². The number of Topliss-reactive ketones (excluding diaryl/α,β-unsaturated/α-hetero) is 1. The second-order valence-corrected chi connectivity index (χ2v) is 4.29. The van der Waals surface area contributed by atoms with E-state index < -0.39 is 0 Å². The first-order valence-corrected chi connectivity index (χ1v) is 6.24. The summed E-state index contributed by atoms with van der Waals surface area (Å²) in [4.78, 5) is 25.0. The number of rotatable bonds is 3. The van der Waals surface area contributed by atoms with Crippen LogP contribution in [-0.2, 0) is 4.79 Å². The molecule has 1 saturated heterocycles. The van der Waals surface area contributed by atoms with Crippen molar-refractivity contribution in [3.8, 4) is 5.75 Å². The summed E-state index contributed by atoms with van der Waals surface area (Å²) < 4.78 is 5.33. The molecule has 0 radical (unpaired) electrons. The van der Waals surface area contributed by atoms with E-state index in [0.717, 1.165) is 5.75 Å². The number of nitrogens with zero attached hydrogens (tertiary/aromatic N) is 1. The maximum absolute atomic E-state index is 12.1. The van der Waals surface area contributed by atoms with Gasteiger partial charge in [-0.3, -0.25) is 9.59 Å². The number of amides is 1. The van der Waals surface area contributed by atoms with Gasteiger partial charge in [-0.05, 0) is 31.2 Å². The maximum atomic E-state index is 12.1. The lowest BCUT2D eigenvalue weighted by molar-refractivity contribution is -0.120. The number of hydrogen-bond acceptors (Lipinski definition) is 3. The lowest BCUT2D eigenvalue weighted by Crippen LogP contribution is -2.38. The van der Waals surface area contributed by atoms with Crippen molar-refractivity contribution in [3.05, 3.63) is 29.8 Å². The van der Waals surface area contributed by atoms with Gasteiger partial charge in [0.1, 0.15) is 11.5 Å². The third-order valence-corrected chi connectivity index (χ3v) is 3.02. The Morgan fingerprint density at radius 2 is 1.83 bits per heavy atom. The molecule has 4 nitrogen and oxygen atoms in total. The summed E-state index contributed by atoms with van der Waals surface area (Å²) in [5, 5.41) is 0. The van der Waals surface area contributed by atoms with Crippen LogP contribution in [0.1, 0.15) is 30.1 Å². The highest BCUT2D eigenvalue weighted by Gasteiger charge is 2.21. The number of carbonyl (C=O) groups excluding carboxylic acids is 2. The SMILES string of the molecule is CCOc1ccc(C(=O)N2CCC(=O)CC2)cc1. The normalized spacial score (nSPS) is 15.6. The second-order valence-electron chi connectivity index (χ2n) is 4.29. The molecule has 0 saturated carbocycles. The largest absolute Gasteiger partial charge is 0.494 e. The molecular weight excluding hydrogens is 230 g/mol. The van der Waals surface area contributed by atoms with Gasteiger partial charge in [0.25, 0.3) is 5.91 Å². The number of carbonyl (C=O) groups is 2. The molecule has 0 aliphatic carbocycles. The van der Waals surface area contributed by atoms with Gasteiger partial charge in [-0.2, -0.15) is 0 Å². The average molecular weight is 247 g/mol. The van der Waals surface area contributed by atoms with Crippen LogP contribution < -0.4 is 4.74 Å². The molecule has 1 aromatic carbocycles. The quantitative estimate of drug-likeness (QED) is 0.819. The van der Waals surface area contributed by atoms with Crippen LogP contribution in [0.2, 0.25) is 0 Å². The summed E-state index contributed by atoms with van der Waals surface area (Å²) in [5.41, 5.74) is 0.646. The second kappa shape index (κ2) is 5.67. The third kappa shape index (κ3) is 2.88. The Labute approximate surface area is 107 Å². The van der Waals surface area contributed by atoms with Crippen molar-refractivity contribution < 1.29 is 14.3 Å². The molecule has 0 bridgehead atoms. The van der Waals surface area contributed by atoms with Gasteiger partial charge >= 0.3 is 0 Å². The minimum atomic E-state index is -0.00875. The smallest absolute Gasteiger partial charge is 0.253 e. The van der Waals surface area contributed by atoms with Crippen LogP contribution in [0.3, 0.4) is 0 Å². The minimum absolute atomic E-state index is 0.00875. The summed E-state index contributed by atoms with van der Waals surface area (Å²) >= 11 is 0. The Balaban J connectivity index is 2.02. The average Bonchev–Trinajstić information content (AvgIpc) is 2.40. The predicted octanol–water partition coefficient (Wildman–Crippen LogP) is 1.89. The van der Waals surface area contributed by atoms with E-state index in [0.29, 0.717) is 38.1 Å². The third-order valence-electron chi connectivity index (χ3n) is 3.02. The topological polar surface area (TPSA) is 46.6 Å². The molecule has 1 fully saturated rings. The van der Waals surface area contributed by atoms with Crippen molar-refractivity contribution >= 4 is 11.7 Å². The van der Waals surface area contributed by atoms with Crippen LogP contribution in [-0.4, -0.2) is 36.3 Å². The molecule has 18 heavy (non-hydrogen) atoms. The lowest BCUT2D eigenvalue weighted by Gasteiger charge is -2.26. The molecule has 0 N–H and O–H groups in total. The van der Waals surface area contributed by atoms with Crippen LogP contribution >= 0.6 is 0 Å². The van der Waals surface area contributed by atoms with E-state index in [1.54, 1.807) is 29.2 Å². The highest BCUT2D eigenvalue weighted by Crippen LogP contribution is 2.15. The van der Waals surface area contributed by atoms with Gasteiger partial charge in [0.15, 0.2) is 0 Å². The molecule has 0 atom stereocenters. The molecule has 0 unspecified atom stereocenters. The number of piperidine rings is 1. The molecule has 1 aromatic rings. The highest BCUT2D eigenvalue weighted by atomic mass is 16.5. The van der Waals surface area contributed by atoms with Gasteiger partial charge in [-0.25, -0.2) is 0 Å². The Bertz CT molecular complexity index is 429. The maximum Gasteiger partial charge on any atom is 0.253 e. The number of likely N-dealkylation sites (tertiary alicyclic amines) is 1. The van der Waals surface area contributed by atoms with Crippen LogP contribution in [0.15, 0.2) is 24.3 Å². The molecule has 1 heterocycles. The highest BCUT2D eigenvalue weighted by molar-refractivity contribution is 5.95. The first-order chi connectivity index (χ1) is 8.70. The zero-order chi connectivity index (χ0) is 13.0. The number of ketones is 1. The Hall–Kier alpha value is -1.84. The van der Waals surface area contributed by atoms with Crippen molar-refractivity contribution in [2.75, 3.05) is 19.7 Å². The fraction of sp³-hybridized carbons (Fsp3) is 0.429. The molecule has 96 valence electrons.